The van der Waals surface area contributed by atoms with Gasteiger partial charge in [0.05, 0.1) is 6.61 Å². The smallest absolute Gasteiger partial charge is 0.223 e. The molecule has 2 aromatic rings. The molecule has 148 valence electrons. The van der Waals surface area contributed by atoms with Crippen LogP contribution in [0, 0.1) is 0 Å². The van der Waals surface area contributed by atoms with Crippen LogP contribution in [0.2, 0.25) is 0 Å². The van der Waals surface area contributed by atoms with Crippen LogP contribution in [0.4, 0.5) is 5.69 Å². The van der Waals surface area contributed by atoms with Gasteiger partial charge in [-0.15, -0.1) is 0 Å². The summed E-state index contributed by atoms with van der Waals surface area (Å²) in [5.74, 6) is 0.811. The number of ether oxygens (including phenoxy) is 1. The minimum Gasteiger partial charge on any atom is -0.494 e. The largest absolute Gasteiger partial charge is 0.494 e. The van der Waals surface area contributed by atoms with E-state index >= 15 is 0 Å². The van der Waals surface area contributed by atoms with Crippen molar-refractivity contribution >= 4 is 17.4 Å². The molecule has 1 atom stereocenters. The summed E-state index contributed by atoms with van der Waals surface area (Å²) in [4.78, 5) is 26.7. The second-order valence-corrected chi connectivity index (χ2v) is 7.13. The predicted molar refractivity (Wildman–Crippen MR) is 111 cm³/mol. The number of anilines is 1. The molecule has 1 heterocycles. The number of para-hydroxylation sites is 1. The van der Waals surface area contributed by atoms with Gasteiger partial charge in [0.15, 0.2) is 5.78 Å². The summed E-state index contributed by atoms with van der Waals surface area (Å²) < 4.78 is 5.53. The lowest BCUT2D eigenvalue weighted by Gasteiger charge is -2.17. The third-order valence-electron chi connectivity index (χ3n) is 4.90. The van der Waals surface area contributed by atoms with Crippen LogP contribution < -0.4 is 10.1 Å². The number of amides is 1. The van der Waals surface area contributed by atoms with Crippen molar-refractivity contribution in [3.63, 3.8) is 0 Å². The topological polar surface area (TPSA) is 58.6 Å². The van der Waals surface area contributed by atoms with Crippen molar-refractivity contribution in [1.29, 1.82) is 0 Å². The number of hydrogen-bond acceptors (Lipinski definition) is 4. The first-order chi connectivity index (χ1) is 13.7. The Morgan fingerprint density at radius 3 is 2.54 bits per heavy atom. The first-order valence-electron chi connectivity index (χ1n) is 10.0. The van der Waals surface area contributed by atoms with Crippen LogP contribution in [0.1, 0.15) is 43.0 Å². The van der Waals surface area contributed by atoms with E-state index in [9.17, 15) is 9.59 Å². The Morgan fingerprint density at radius 1 is 1.07 bits per heavy atom. The number of rotatable bonds is 9. The van der Waals surface area contributed by atoms with Gasteiger partial charge in [-0.3, -0.25) is 9.59 Å². The Bertz CT molecular complexity index is 774. The summed E-state index contributed by atoms with van der Waals surface area (Å²) >= 11 is 0. The van der Waals surface area contributed by atoms with Gasteiger partial charge in [0.1, 0.15) is 5.75 Å². The van der Waals surface area contributed by atoms with Gasteiger partial charge in [0, 0.05) is 43.2 Å². The van der Waals surface area contributed by atoms with Crippen LogP contribution in [0.5, 0.6) is 5.75 Å². The second-order valence-electron chi connectivity index (χ2n) is 7.13. The standard InChI is InChI=1S/C23H28N2O3/c1-2-16-28-21-10-8-18(9-11-21)22(26)12-13-23(27)25-15-14-20(17-25)24-19-6-4-3-5-7-19/h3-11,20,24H,2,12-17H2,1H3. The lowest BCUT2D eigenvalue weighted by atomic mass is 10.1. The molecule has 1 saturated heterocycles. The molecule has 2 aromatic carbocycles. The third kappa shape index (κ3) is 5.59. The highest BCUT2D eigenvalue weighted by atomic mass is 16.5. The van der Waals surface area contributed by atoms with Crippen LogP contribution >= 0.6 is 0 Å². The molecule has 0 radical (unpaired) electrons. The Labute approximate surface area is 166 Å². The summed E-state index contributed by atoms with van der Waals surface area (Å²) in [5, 5.41) is 3.46. The van der Waals surface area contributed by atoms with Gasteiger partial charge < -0.3 is 15.0 Å². The van der Waals surface area contributed by atoms with Gasteiger partial charge in [-0.1, -0.05) is 25.1 Å². The van der Waals surface area contributed by atoms with Crippen LogP contribution in [0.25, 0.3) is 0 Å². The van der Waals surface area contributed by atoms with Crippen LogP contribution in [0.15, 0.2) is 54.6 Å². The zero-order valence-electron chi connectivity index (χ0n) is 16.4. The minimum atomic E-state index is -0.00597. The summed E-state index contributed by atoms with van der Waals surface area (Å²) in [6.45, 7) is 4.14. The van der Waals surface area contributed by atoms with Crippen molar-refractivity contribution < 1.29 is 14.3 Å². The molecular weight excluding hydrogens is 352 g/mol. The van der Waals surface area contributed by atoms with Gasteiger partial charge in [0.25, 0.3) is 0 Å². The number of ketones is 1. The second kappa shape index (κ2) is 9.93. The van der Waals surface area contributed by atoms with Crippen molar-refractivity contribution in [3.05, 3.63) is 60.2 Å². The van der Waals surface area contributed by atoms with Crippen molar-refractivity contribution in [2.24, 2.45) is 0 Å². The molecule has 3 rings (SSSR count). The van der Waals surface area contributed by atoms with Crippen LogP contribution in [0.3, 0.4) is 0 Å². The van der Waals surface area contributed by atoms with Crippen LogP contribution in [-0.4, -0.2) is 42.3 Å². The molecule has 0 aliphatic carbocycles. The van der Waals surface area contributed by atoms with E-state index in [2.05, 4.69) is 12.2 Å². The fourth-order valence-corrected chi connectivity index (χ4v) is 3.35. The van der Waals surface area contributed by atoms with Gasteiger partial charge in [-0.05, 0) is 49.2 Å². The summed E-state index contributed by atoms with van der Waals surface area (Å²) in [6.07, 6.45) is 2.36. The molecule has 5 nitrogen and oxygen atoms in total. The molecule has 1 aliphatic rings. The quantitative estimate of drug-likeness (QED) is 0.664. The normalized spacial score (nSPS) is 16.0. The van der Waals surface area contributed by atoms with Gasteiger partial charge in [-0.25, -0.2) is 0 Å². The number of carbonyl (C=O) groups excluding carboxylic acids is 2. The van der Waals surface area contributed by atoms with Crippen molar-refractivity contribution in [3.8, 4) is 5.75 Å². The molecule has 1 N–H and O–H groups in total. The molecule has 1 amide bonds. The van der Waals surface area contributed by atoms with Crippen molar-refractivity contribution in [2.45, 2.75) is 38.6 Å². The number of hydrogen-bond donors (Lipinski definition) is 1. The maximum atomic E-state index is 12.5. The molecule has 0 saturated carbocycles. The van der Waals surface area contributed by atoms with Crippen molar-refractivity contribution in [2.75, 3.05) is 25.0 Å². The van der Waals surface area contributed by atoms with E-state index in [1.54, 1.807) is 12.1 Å². The molecule has 5 heteroatoms. The SMILES string of the molecule is CCCOc1ccc(C(=O)CCC(=O)N2CCC(Nc3ccccc3)C2)cc1. The molecule has 0 spiro atoms. The molecule has 1 unspecified atom stereocenters. The zero-order chi connectivity index (χ0) is 19.8. The molecule has 0 bridgehead atoms. The highest BCUT2D eigenvalue weighted by Crippen LogP contribution is 2.18. The van der Waals surface area contributed by atoms with Gasteiger partial charge in [0.2, 0.25) is 5.91 Å². The fraction of sp³-hybridized carbons (Fsp3) is 0.391. The highest BCUT2D eigenvalue weighted by Gasteiger charge is 2.26. The number of nitrogens with zero attached hydrogens (tertiary/aromatic N) is 1. The Hall–Kier alpha value is -2.82. The predicted octanol–water partition coefficient (Wildman–Crippen LogP) is 4.15. The first-order valence-corrected chi connectivity index (χ1v) is 10.0. The fourth-order valence-electron chi connectivity index (χ4n) is 3.35. The van der Waals surface area contributed by atoms with E-state index in [4.69, 9.17) is 4.74 Å². The average molecular weight is 380 g/mol. The van der Waals surface area contributed by atoms with E-state index in [0.29, 0.717) is 18.7 Å². The van der Waals surface area contributed by atoms with Gasteiger partial charge in [-0.2, -0.15) is 0 Å². The third-order valence-corrected chi connectivity index (χ3v) is 4.90. The molecular formula is C23H28N2O3. The molecule has 28 heavy (non-hydrogen) atoms. The van der Waals surface area contributed by atoms with Gasteiger partial charge >= 0.3 is 0 Å². The number of likely N-dealkylation sites (tertiary alicyclic amines) is 1. The number of carbonyl (C=O) groups is 2. The minimum absolute atomic E-state index is 0.00597. The van der Waals surface area contributed by atoms with E-state index in [1.165, 1.54) is 0 Å². The summed E-state index contributed by atoms with van der Waals surface area (Å²) in [7, 11) is 0. The first kappa shape index (κ1) is 19.9. The highest BCUT2D eigenvalue weighted by molar-refractivity contribution is 5.98. The van der Waals surface area contributed by atoms with E-state index in [-0.39, 0.29) is 30.6 Å². The number of benzene rings is 2. The zero-order valence-corrected chi connectivity index (χ0v) is 16.4. The summed E-state index contributed by atoms with van der Waals surface area (Å²) in [5.41, 5.74) is 1.70. The molecule has 1 fully saturated rings. The Balaban J connectivity index is 1.43. The molecule has 0 aromatic heterocycles. The van der Waals surface area contributed by atoms with E-state index in [1.807, 2.05) is 47.4 Å². The number of Topliss-reactive ketones (excluding diaryl/α,β-unsaturated/α-hetero) is 1. The monoisotopic (exact) mass is 380 g/mol. The average Bonchev–Trinajstić information content (AvgIpc) is 3.20. The molecule has 1 aliphatic heterocycles. The Morgan fingerprint density at radius 2 is 1.82 bits per heavy atom. The maximum Gasteiger partial charge on any atom is 0.223 e. The summed E-state index contributed by atoms with van der Waals surface area (Å²) in [6, 6.07) is 17.5. The van der Waals surface area contributed by atoms with Crippen molar-refractivity contribution in [1.82, 2.24) is 4.90 Å². The lowest BCUT2D eigenvalue weighted by molar-refractivity contribution is -0.130. The number of nitrogens with one attached hydrogen (secondary N) is 1. The van der Waals surface area contributed by atoms with E-state index < -0.39 is 0 Å². The van der Waals surface area contributed by atoms with E-state index in [0.717, 1.165) is 30.8 Å². The Kier molecular flexibility index (Phi) is 7.06. The maximum absolute atomic E-state index is 12.5. The van der Waals surface area contributed by atoms with Crippen LogP contribution in [-0.2, 0) is 4.79 Å². The lowest BCUT2D eigenvalue weighted by Crippen LogP contribution is -2.31.